The van der Waals surface area contributed by atoms with Gasteiger partial charge in [-0.05, 0) is 50.7 Å². The topological polar surface area (TPSA) is 15.3 Å². The van der Waals surface area contributed by atoms with Gasteiger partial charge in [0.25, 0.3) is 0 Å². The minimum absolute atomic E-state index is 0.762. The van der Waals surface area contributed by atoms with Gasteiger partial charge in [-0.15, -0.1) is 0 Å². The van der Waals surface area contributed by atoms with Gasteiger partial charge in [0.2, 0.25) is 0 Å². The highest BCUT2D eigenvalue weighted by molar-refractivity contribution is 5.59. The highest BCUT2D eigenvalue weighted by Gasteiger charge is 2.27. The zero-order valence-electron chi connectivity index (χ0n) is 11.6. The molecule has 1 aliphatic heterocycles. The number of nitrogens with one attached hydrogen (secondary N) is 1. The van der Waals surface area contributed by atoms with Gasteiger partial charge >= 0.3 is 0 Å². The van der Waals surface area contributed by atoms with Gasteiger partial charge in [0.05, 0.1) is 0 Å². The maximum atomic E-state index is 3.77. The Bertz CT molecular complexity index is 395. The van der Waals surface area contributed by atoms with Crippen LogP contribution in [0.3, 0.4) is 0 Å². The van der Waals surface area contributed by atoms with Crippen molar-refractivity contribution in [2.45, 2.75) is 51.6 Å². The molecule has 3 rings (SSSR count). The lowest BCUT2D eigenvalue weighted by molar-refractivity contribution is 0.412. The standard InChI is InChI=1S/C16H24N2/c1-12-4-3-5-13(2)16(12)18-10-8-15(9-11-18)17-14-6-7-14/h3-5,14-15,17H,6-11H2,1-2H3. The Morgan fingerprint density at radius 3 is 2.06 bits per heavy atom. The second-order valence-corrected chi connectivity index (χ2v) is 5.94. The molecule has 2 nitrogen and oxygen atoms in total. The Labute approximate surface area is 110 Å². The van der Waals surface area contributed by atoms with Gasteiger partial charge < -0.3 is 10.2 Å². The first kappa shape index (κ1) is 12.0. The molecule has 0 unspecified atom stereocenters. The number of aryl methyl sites for hydroxylation is 2. The first-order valence-electron chi connectivity index (χ1n) is 7.31. The lowest BCUT2D eigenvalue weighted by atomic mass is 10.0. The predicted molar refractivity (Wildman–Crippen MR) is 77.3 cm³/mol. The lowest BCUT2D eigenvalue weighted by Gasteiger charge is -2.36. The molecule has 0 atom stereocenters. The van der Waals surface area contributed by atoms with Crippen molar-refractivity contribution in [3.8, 4) is 0 Å². The fraction of sp³-hybridized carbons (Fsp3) is 0.625. The summed E-state index contributed by atoms with van der Waals surface area (Å²) in [6.07, 6.45) is 5.39. The Morgan fingerprint density at radius 1 is 0.944 bits per heavy atom. The third kappa shape index (κ3) is 2.54. The minimum atomic E-state index is 0.762. The van der Waals surface area contributed by atoms with Crippen molar-refractivity contribution < 1.29 is 0 Å². The van der Waals surface area contributed by atoms with E-state index in [1.54, 1.807) is 0 Å². The summed E-state index contributed by atoms with van der Waals surface area (Å²) in [5.41, 5.74) is 4.31. The number of piperidine rings is 1. The second-order valence-electron chi connectivity index (χ2n) is 5.94. The molecule has 0 bridgehead atoms. The number of nitrogens with zero attached hydrogens (tertiary/aromatic N) is 1. The van der Waals surface area contributed by atoms with Crippen LogP contribution in [0.25, 0.3) is 0 Å². The molecule has 0 radical (unpaired) electrons. The van der Waals surface area contributed by atoms with Crippen LogP contribution in [0, 0.1) is 13.8 Å². The van der Waals surface area contributed by atoms with E-state index in [-0.39, 0.29) is 0 Å². The van der Waals surface area contributed by atoms with Gasteiger partial charge in [-0.2, -0.15) is 0 Å². The van der Waals surface area contributed by atoms with Crippen molar-refractivity contribution in [1.29, 1.82) is 0 Å². The van der Waals surface area contributed by atoms with Crippen molar-refractivity contribution in [3.05, 3.63) is 29.3 Å². The second kappa shape index (κ2) is 4.93. The molecule has 2 heteroatoms. The average molecular weight is 244 g/mol. The maximum absolute atomic E-state index is 3.77. The number of para-hydroxylation sites is 1. The minimum Gasteiger partial charge on any atom is -0.371 e. The maximum Gasteiger partial charge on any atom is 0.0425 e. The fourth-order valence-corrected chi connectivity index (χ4v) is 3.16. The Balaban J connectivity index is 1.64. The molecule has 1 saturated carbocycles. The van der Waals surface area contributed by atoms with Crippen LogP contribution >= 0.6 is 0 Å². The van der Waals surface area contributed by atoms with Gasteiger partial charge in [-0.25, -0.2) is 0 Å². The Morgan fingerprint density at radius 2 is 1.50 bits per heavy atom. The average Bonchev–Trinajstić information content (AvgIpc) is 3.15. The van der Waals surface area contributed by atoms with Gasteiger partial charge in [-0.3, -0.25) is 0 Å². The molecule has 1 aliphatic carbocycles. The summed E-state index contributed by atoms with van der Waals surface area (Å²) in [7, 11) is 0. The van der Waals surface area contributed by atoms with E-state index < -0.39 is 0 Å². The molecule has 18 heavy (non-hydrogen) atoms. The summed E-state index contributed by atoms with van der Waals surface area (Å²) in [4.78, 5) is 2.58. The molecule has 1 aromatic carbocycles. The molecule has 1 saturated heterocycles. The molecule has 1 N–H and O–H groups in total. The molecular formula is C16H24N2. The molecule has 1 aromatic rings. The van der Waals surface area contributed by atoms with Crippen LogP contribution in [-0.4, -0.2) is 25.2 Å². The van der Waals surface area contributed by atoms with E-state index in [0.29, 0.717) is 0 Å². The molecular weight excluding hydrogens is 220 g/mol. The third-order valence-corrected chi connectivity index (χ3v) is 4.30. The van der Waals surface area contributed by atoms with E-state index in [2.05, 4.69) is 42.3 Å². The normalized spacial score (nSPS) is 21.3. The van der Waals surface area contributed by atoms with E-state index in [4.69, 9.17) is 0 Å². The first-order chi connectivity index (χ1) is 8.74. The number of hydrogen-bond acceptors (Lipinski definition) is 2. The monoisotopic (exact) mass is 244 g/mol. The van der Waals surface area contributed by atoms with Crippen molar-refractivity contribution in [2.75, 3.05) is 18.0 Å². The largest absolute Gasteiger partial charge is 0.371 e. The van der Waals surface area contributed by atoms with Crippen LogP contribution in [0.5, 0.6) is 0 Å². The molecule has 1 heterocycles. The first-order valence-corrected chi connectivity index (χ1v) is 7.31. The molecule has 2 aliphatic rings. The van der Waals surface area contributed by atoms with E-state index >= 15 is 0 Å². The van der Waals surface area contributed by atoms with Gasteiger partial charge in [0.15, 0.2) is 0 Å². The number of anilines is 1. The van der Waals surface area contributed by atoms with Crippen molar-refractivity contribution in [3.63, 3.8) is 0 Å². The highest BCUT2D eigenvalue weighted by atomic mass is 15.2. The number of rotatable bonds is 3. The van der Waals surface area contributed by atoms with Crippen LogP contribution in [-0.2, 0) is 0 Å². The number of hydrogen-bond donors (Lipinski definition) is 1. The van der Waals surface area contributed by atoms with Crippen LogP contribution in [0.4, 0.5) is 5.69 Å². The zero-order valence-corrected chi connectivity index (χ0v) is 11.6. The molecule has 2 fully saturated rings. The fourth-order valence-electron chi connectivity index (χ4n) is 3.16. The molecule has 98 valence electrons. The summed E-state index contributed by atoms with van der Waals surface area (Å²) >= 11 is 0. The van der Waals surface area contributed by atoms with Gasteiger partial charge in [-0.1, -0.05) is 18.2 Å². The van der Waals surface area contributed by atoms with Crippen molar-refractivity contribution >= 4 is 5.69 Å². The quantitative estimate of drug-likeness (QED) is 0.879. The van der Waals surface area contributed by atoms with Gasteiger partial charge in [0, 0.05) is 30.9 Å². The van der Waals surface area contributed by atoms with Crippen molar-refractivity contribution in [2.24, 2.45) is 0 Å². The SMILES string of the molecule is Cc1cccc(C)c1N1CCC(NC2CC2)CC1. The van der Waals surface area contributed by atoms with Crippen molar-refractivity contribution in [1.82, 2.24) is 5.32 Å². The smallest absolute Gasteiger partial charge is 0.0425 e. The highest BCUT2D eigenvalue weighted by Crippen LogP contribution is 2.28. The zero-order chi connectivity index (χ0) is 12.5. The summed E-state index contributed by atoms with van der Waals surface area (Å²) in [6.45, 7) is 6.87. The van der Waals surface area contributed by atoms with E-state index in [1.165, 1.54) is 55.6 Å². The summed E-state index contributed by atoms with van der Waals surface area (Å²) in [5.74, 6) is 0. The number of benzene rings is 1. The van der Waals surface area contributed by atoms with E-state index in [9.17, 15) is 0 Å². The summed E-state index contributed by atoms with van der Waals surface area (Å²) in [5, 5.41) is 3.77. The third-order valence-electron chi connectivity index (χ3n) is 4.30. The van der Waals surface area contributed by atoms with Gasteiger partial charge in [0.1, 0.15) is 0 Å². The van der Waals surface area contributed by atoms with Crippen LogP contribution < -0.4 is 10.2 Å². The lowest BCUT2D eigenvalue weighted by Crippen LogP contribution is -2.43. The molecule has 0 spiro atoms. The summed E-state index contributed by atoms with van der Waals surface area (Å²) < 4.78 is 0. The predicted octanol–water partition coefficient (Wildman–Crippen LogP) is 3.02. The Kier molecular flexibility index (Phi) is 3.29. The van der Waals surface area contributed by atoms with Crippen LogP contribution in [0.2, 0.25) is 0 Å². The van der Waals surface area contributed by atoms with E-state index in [1.807, 2.05) is 0 Å². The molecule has 0 aromatic heterocycles. The summed E-state index contributed by atoms with van der Waals surface area (Å²) in [6, 6.07) is 8.24. The van der Waals surface area contributed by atoms with Crippen LogP contribution in [0.15, 0.2) is 18.2 Å². The van der Waals surface area contributed by atoms with E-state index in [0.717, 1.165) is 12.1 Å². The Hall–Kier alpha value is -1.02. The molecule has 0 amide bonds. The van der Waals surface area contributed by atoms with Crippen LogP contribution in [0.1, 0.15) is 36.8 Å².